The average Bonchev–Trinajstić information content (AvgIpc) is 2.88. The molecule has 0 atom stereocenters. The van der Waals surface area contributed by atoms with Crippen LogP contribution in [-0.4, -0.2) is 11.0 Å². The van der Waals surface area contributed by atoms with Crippen LogP contribution in [0.4, 0.5) is 0 Å². The summed E-state index contributed by atoms with van der Waals surface area (Å²) in [5.74, 6) is 0.374. The van der Waals surface area contributed by atoms with Crippen LogP contribution in [0.5, 0.6) is 5.75 Å². The molecular formula is C19H19NO2S. The van der Waals surface area contributed by atoms with E-state index in [1.807, 2.05) is 18.4 Å². The molecule has 0 spiro atoms. The van der Waals surface area contributed by atoms with Crippen molar-refractivity contribution in [3.63, 3.8) is 0 Å². The van der Waals surface area contributed by atoms with Crippen molar-refractivity contribution in [2.45, 2.75) is 33.6 Å². The van der Waals surface area contributed by atoms with E-state index >= 15 is 0 Å². The molecule has 0 radical (unpaired) electrons. The van der Waals surface area contributed by atoms with Crippen molar-refractivity contribution in [3.8, 4) is 5.75 Å². The van der Waals surface area contributed by atoms with Crippen molar-refractivity contribution in [2.24, 2.45) is 0 Å². The molecule has 0 N–H and O–H groups in total. The predicted octanol–water partition coefficient (Wildman–Crippen LogP) is 4.62. The van der Waals surface area contributed by atoms with Crippen molar-refractivity contribution >= 4 is 27.4 Å². The first-order valence-corrected chi connectivity index (χ1v) is 8.52. The number of aromatic nitrogens is 1. The van der Waals surface area contributed by atoms with Crippen LogP contribution in [0.3, 0.4) is 0 Å². The van der Waals surface area contributed by atoms with Crippen LogP contribution in [-0.2, 0) is 17.6 Å². The van der Waals surface area contributed by atoms with Crippen LogP contribution < -0.4 is 4.74 Å². The summed E-state index contributed by atoms with van der Waals surface area (Å²) >= 11 is 1.61. The minimum absolute atomic E-state index is 0.281. The maximum atomic E-state index is 11.1. The number of benzene rings is 1. The van der Waals surface area contributed by atoms with Crippen molar-refractivity contribution < 1.29 is 9.53 Å². The van der Waals surface area contributed by atoms with E-state index in [1.165, 1.54) is 18.1 Å². The Bertz CT molecular complexity index is 867. The third kappa shape index (κ3) is 3.59. The molecule has 4 heteroatoms. The summed E-state index contributed by atoms with van der Waals surface area (Å²) in [5, 5.41) is 2.89. The molecule has 0 aliphatic carbocycles. The third-order valence-electron chi connectivity index (χ3n) is 3.88. The molecule has 118 valence electrons. The average molecular weight is 325 g/mol. The first kappa shape index (κ1) is 15.7. The third-order valence-corrected chi connectivity index (χ3v) is 4.80. The van der Waals surface area contributed by atoms with Crippen molar-refractivity contribution in [2.75, 3.05) is 0 Å². The molecule has 0 saturated heterocycles. The Balaban J connectivity index is 1.77. The van der Waals surface area contributed by atoms with Crippen molar-refractivity contribution in [1.29, 1.82) is 0 Å². The van der Waals surface area contributed by atoms with Gasteiger partial charge < -0.3 is 4.74 Å². The first-order valence-electron chi connectivity index (χ1n) is 7.64. The highest BCUT2D eigenvalue weighted by atomic mass is 32.1. The fourth-order valence-corrected chi connectivity index (χ4v) is 3.62. The van der Waals surface area contributed by atoms with Crippen LogP contribution in [0.25, 0.3) is 10.1 Å². The smallest absolute Gasteiger partial charge is 0.308 e. The molecule has 3 aromatic rings. The SMILES string of the molecule is CC(=O)Oc1csc2cc(CCc3ccc(C)nc3C)ccc12. The maximum absolute atomic E-state index is 11.1. The van der Waals surface area contributed by atoms with E-state index in [4.69, 9.17) is 4.74 Å². The van der Waals surface area contributed by atoms with E-state index in [0.717, 1.165) is 34.3 Å². The number of rotatable bonds is 4. The summed E-state index contributed by atoms with van der Waals surface area (Å²) in [4.78, 5) is 15.6. The standard InChI is InChI=1S/C19H19NO2S/c1-12-4-7-16(13(2)20-12)8-5-15-6-9-17-18(22-14(3)21)11-23-19(17)10-15/h4,6-7,9-11H,5,8H2,1-3H3. The van der Waals surface area contributed by atoms with Gasteiger partial charge in [-0.25, -0.2) is 0 Å². The number of thiophene rings is 1. The van der Waals surface area contributed by atoms with Crippen LogP contribution in [0.15, 0.2) is 35.7 Å². The highest BCUT2D eigenvalue weighted by molar-refractivity contribution is 7.17. The molecule has 1 aromatic carbocycles. The number of carbonyl (C=O) groups excluding carboxylic acids is 1. The Morgan fingerprint density at radius 1 is 1.17 bits per heavy atom. The van der Waals surface area contributed by atoms with Crippen molar-refractivity contribution in [1.82, 2.24) is 4.98 Å². The van der Waals surface area contributed by atoms with Gasteiger partial charge in [0.2, 0.25) is 0 Å². The lowest BCUT2D eigenvalue weighted by Crippen LogP contribution is -2.00. The zero-order valence-corrected chi connectivity index (χ0v) is 14.4. The fraction of sp³-hybridized carbons (Fsp3) is 0.263. The lowest BCUT2D eigenvalue weighted by Gasteiger charge is -2.07. The molecule has 0 bridgehead atoms. The first-order chi connectivity index (χ1) is 11.0. The van der Waals surface area contributed by atoms with E-state index in [2.05, 4.69) is 36.2 Å². The second-order valence-electron chi connectivity index (χ2n) is 5.72. The van der Waals surface area contributed by atoms with Gasteiger partial charge in [-0.2, -0.15) is 0 Å². The van der Waals surface area contributed by atoms with E-state index < -0.39 is 0 Å². The number of aryl methyl sites for hydroxylation is 4. The van der Waals surface area contributed by atoms with Crippen LogP contribution in [0, 0.1) is 13.8 Å². The predicted molar refractivity (Wildman–Crippen MR) is 94.3 cm³/mol. The maximum Gasteiger partial charge on any atom is 0.308 e. The molecule has 0 fully saturated rings. The van der Waals surface area contributed by atoms with Gasteiger partial charge >= 0.3 is 5.97 Å². The lowest BCUT2D eigenvalue weighted by molar-refractivity contribution is -0.131. The topological polar surface area (TPSA) is 39.2 Å². The molecular weight excluding hydrogens is 306 g/mol. The molecule has 23 heavy (non-hydrogen) atoms. The quantitative estimate of drug-likeness (QED) is 0.657. The number of esters is 1. The zero-order valence-electron chi connectivity index (χ0n) is 13.6. The van der Waals surface area contributed by atoms with E-state index in [0.29, 0.717) is 5.75 Å². The molecule has 2 aromatic heterocycles. The van der Waals surface area contributed by atoms with Gasteiger partial charge in [0.05, 0.1) is 0 Å². The molecule has 0 aliphatic rings. The second kappa shape index (κ2) is 6.50. The summed E-state index contributed by atoms with van der Waals surface area (Å²) < 4.78 is 6.38. The normalized spacial score (nSPS) is 10.9. The van der Waals surface area contributed by atoms with Gasteiger partial charge in [0, 0.05) is 33.8 Å². The number of ether oxygens (including phenoxy) is 1. The largest absolute Gasteiger partial charge is 0.425 e. The molecule has 0 unspecified atom stereocenters. The van der Waals surface area contributed by atoms with Gasteiger partial charge in [0.15, 0.2) is 0 Å². The summed E-state index contributed by atoms with van der Waals surface area (Å²) in [6, 6.07) is 10.6. The Morgan fingerprint density at radius 2 is 2.00 bits per heavy atom. The highest BCUT2D eigenvalue weighted by Gasteiger charge is 2.08. The Hall–Kier alpha value is -2.20. The van der Waals surface area contributed by atoms with E-state index in [-0.39, 0.29) is 5.97 Å². The van der Waals surface area contributed by atoms with Gasteiger partial charge in [-0.1, -0.05) is 12.1 Å². The molecule has 3 nitrogen and oxygen atoms in total. The number of nitrogens with zero attached hydrogens (tertiary/aromatic N) is 1. The molecule has 0 aliphatic heterocycles. The number of fused-ring (bicyclic) bond motifs is 1. The molecule has 0 amide bonds. The number of hydrogen-bond acceptors (Lipinski definition) is 4. The summed E-state index contributed by atoms with van der Waals surface area (Å²) in [7, 11) is 0. The summed E-state index contributed by atoms with van der Waals surface area (Å²) in [6.45, 7) is 5.51. The number of pyridine rings is 1. The van der Waals surface area contributed by atoms with Crippen LogP contribution >= 0.6 is 11.3 Å². The Kier molecular flexibility index (Phi) is 4.44. The minimum atomic E-state index is -0.281. The van der Waals surface area contributed by atoms with Crippen LogP contribution in [0.1, 0.15) is 29.4 Å². The Morgan fingerprint density at radius 3 is 2.74 bits per heavy atom. The summed E-state index contributed by atoms with van der Waals surface area (Å²) in [5.41, 5.74) is 4.75. The number of carbonyl (C=O) groups is 1. The van der Waals surface area contributed by atoms with Gasteiger partial charge in [-0.05, 0) is 56.0 Å². The van der Waals surface area contributed by atoms with E-state index in [1.54, 1.807) is 11.3 Å². The second-order valence-corrected chi connectivity index (χ2v) is 6.63. The number of hydrogen-bond donors (Lipinski definition) is 0. The molecule has 2 heterocycles. The van der Waals surface area contributed by atoms with Gasteiger partial charge in [-0.15, -0.1) is 11.3 Å². The van der Waals surface area contributed by atoms with Crippen molar-refractivity contribution in [3.05, 3.63) is 58.2 Å². The zero-order chi connectivity index (χ0) is 16.4. The monoisotopic (exact) mass is 325 g/mol. The molecule has 3 rings (SSSR count). The van der Waals surface area contributed by atoms with Gasteiger partial charge in [-0.3, -0.25) is 9.78 Å². The van der Waals surface area contributed by atoms with Crippen LogP contribution in [0.2, 0.25) is 0 Å². The lowest BCUT2D eigenvalue weighted by atomic mass is 10.0. The fourth-order valence-electron chi connectivity index (χ4n) is 2.70. The molecule has 0 saturated carbocycles. The van der Waals surface area contributed by atoms with E-state index in [9.17, 15) is 4.79 Å². The summed E-state index contributed by atoms with van der Waals surface area (Å²) in [6.07, 6.45) is 1.95. The Labute approximate surface area is 139 Å². The van der Waals surface area contributed by atoms with Gasteiger partial charge in [0.1, 0.15) is 5.75 Å². The minimum Gasteiger partial charge on any atom is -0.425 e. The highest BCUT2D eigenvalue weighted by Crippen LogP contribution is 2.33. The van der Waals surface area contributed by atoms with Gasteiger partial charge in [0.25, 0.3) is 0 Å².